The summed E-state index contributed by atoms with van der Waals surface area (Å²) in [4.78, 5) is 15.0. The number of ether oxygens (including phenoxy) is 1. The number of hydrogen-bond acceptors (Lipinski definition) is 5. The van der Waals surface area contributed by atoms with Crippen LogP contribution in [-0.4, -0.2) is 24.8 Å². The van der Waals surface area contributed by atoms with Crippen LogP contribution in [0, 0.1) is 17.0 Å². The summed E-state index contributed by atoms with van der Waals surface area (Å²) in [6.45, 7) is 3.87. The van der Waals surface area contributed by atoms with Gasteiger partial charge in [-0.05, 0) is 48.1 Å². The molecular formula is C14H17N3O4S. The second-order valence-electron chi connectivity index (χ2n) is 4.70. The van der Waals surface area contributed by atoms with E-state index in [-0.39, 0.29) is 12.4 Å². The number of benzene rings is 1. The maximum absolute atomic E-state index is 11.8. The zero-order valence-corrected chi connectivity index (χ0v) is 13.4. The van der Waals surface area contributed by atoms with E-state index < -0.39 is 16.1 Å². The lowest BCUT2D eigenvalue weighted by Crippen LogP contribution is -2.07. The van der Waals surface area contributed by atoms with Crippen LogP contribution in [0.3, 0.4) is 0 Å². The maximum Gasteiger partial charge on any atom is 0.342 e. The molecule has 0 amide bonds. The summed E-state index contributed by atoms with van der Waals surface area (Å²) >= 11 is -1.00. The molecule has 0 aliphatic carbocycles. The summed E-state index contributed by atoms with van der Waals surface area (Å²) in [5.74, 6) is 1.56. The van der Waals surface area contributed by atoms with Gasteiger partial charge in [-0.1, -0.05) is 0 Å². The van der Waals surface area contributed by atoms with Gasteiger partial charge in [0.1, 0.15) is 17.7 Å². The molecule has 22 heavy (non-hydrogen) atoms. The number of nitrogens with zero attached hydrogens (tertiary/aromatic N) is 3. The standard InChI is InChI=1S/C14H17N3O4S/c1-4-22(20)12-6-5-11(7-10(12)2)21-9-13-15-8-14(16(13)3)17(18)19/h5-8H,4,9H2,1-3H3. The van der Waals surface area contributed by atoms with Crippen LogP contribution in [-0.2, 0) is 24.8 Å². The van der Waals surface area contributed by atoms with E-state index in [4.69, 9.17) is 4.74 Å². The van der Waals surface area contributed by atoms with Crippen molar-refractivity contribution in [3.05, 3.63) is 45.9 Å². The topological polar surface area (TPSA) is 93.2 Å². The van der Waals surface area contributed by atoms with Gasteiger partial charge in [0.2, 0.25) is 5.82 Å². The Morgan fingerprint density at radius 1 is 1.45 bits per heavy atom. The molecule has 2 aromatic rings. The first-order valence-corrected chi connectivity index (χ1v) is 8.02. The fourth-order valence-electron chi connectivity index (χ4n) is 2.01. The van der Waals surface area contributed by atoms with E-state index in [0.29, 0.717) is 17.3 Å². The Bertz CT molecular complexity index is 687. The molecule has 1 unspecified atom stereocenters. The lowest BCUT2D eigenvalue weighted by atomic mass is 10.2. The molecule has 118 valence electrons. The molecule has 1 atom stereocenters. The van der Waals surface area contributed by atoms with Crippen LogP contribution in [0.25, 0.3) is 0 Å². The first-order valence-electron chi connectivity index (χ1n) is 6.70. The van der Waals surface area contributed by atoms with E-state index in [1.54, 1.807) is 25.2 Å². The summed E-state index contributed by atoms with van der Waals surface area (Å²) < 4.78 is 18.8. The van der Waals surface area contributed by atoms with Crippen LogP contribution >= 0.6 is 0 Å². The third-order valence-electron chi connectivity index (χ3n) is 3.27. The average molecular weight is 323 g/mol. The summed E-state index contributed by atoms with van der Waals surface area (Å²) in [5.41, 5.74) is 0.892. The van der Waals surface area contributed by atoms with Crippen molar-refractivity contribution in [3.63, 3.8) is 0 Å². The number of hydrogen-bond donors (Lipinski definition) is 0. The van der Waals surface area contributed by atoms with Gasteiger partial charge in [0.25, 0.3) is 0 Å². The van der Waals surface area contributed by atoms with Crippen molar-refractivity contribution in [2.24, 2.45) is 7.05 Å². The van der Waals surface area contributed by atoms with E-state index in [0.717, 1.165) is 10.5 Å². The lowest BCUT2D eigenvalue weighted by molar-refractivity contribution is -0.391. The van der Waals surface area contributed by atoms with E-state index >= 15 is 0 Å². The van der Waals surface area contributed by atoms with Crippen LogP contribution in [0.5, 0.6) is 5.75 Å². The molecule has 0 fully saturated rings. The van der Waals surface area contributed by atoms with Gasteiger partial charge in [0, 0.05) is 5.56 Å². The van der Waals surface area contributed by atoms with Crippen LogP contribution in [0.1, 0.15) is 18.3 Å². The highest BCUT2D eigenvalue weighted by Gasteiger charge is 2.17. The second-order valence-corrected chi connectivity index (χ2v) is 6.41. The Kier molecular flexibility index (Phi) is 5.04. The Morgan fingerprint density at radius 3 is 2.73 bits per heavy atom. The van der Waals surface area contributed by atoms with Crippen molar-refractivity contribution >= 4 is 17.0 Å². The van der Waals surface area contributed by atoms with Crippen molar-refractivity contribution in [3.8, 4) is 5.75 Å². The molecule has 2 rings (SSSR count). The second kappa shape index (κ2) is 6.80. The first kappa shape index (κ1) is 16.3. The Morgan fingerprint density at radius 2 is 2.18 bits per heavy atom. The molecule has 1 heterocycles. The van der Waals surface area contributed by atoms with E-state index in [9.17, 15) is 14.7 Å². The summed E-state index contributed by atoms with van der Waals surface area (Å²) in [5, 5.41) is 10.8. The minimum Gasteiger partial charge on any atom is -0.611 e. The summed E-state index contributed by atoms with van der Waals surface area (Å²) in [7, 11) is 1.57. The van der Waals surface area contributed by atoms with Crippen molar-refractivity contribution in [1.82, 2.24) is 9.55 Å². The highest BCUT2D eigenvalue weighted by Crippen LogP contribution is 2.23. The van der Waals surface area contributed by atoms with E-state index in [2.05, 4.69) is 4.98 Å². The normalized spacial score (nSPS) is 12.2. The van der Waals surface area contributed by atoms with Gasteiger partial charge in [-0.25, -0.2) is 9.55 Å². The van der Waals surface area contributed by atoms with E-state index in [1.807, 2.05) is 13.8 Å². The fourth-order valence-corrected chi connectivity index (χ4v) is 2.96. The Hall–Kier alpha value is -2.06. The zero-order valence-electron chi connectivity index (χ0n) is 12.6. The minimum atomic E-state index is -1.00. The van der Waals surface area contributed by atoms with Gasteiger partial charge in [-0.2, -0.15) is 0 Å². The van der Waals surface area contributed by atoms with Gasteiger partial charge in [0.05, 0.1) is 7.05 Å². The molecule has 0 saturated heterocycles. The molecule has 0 radical (unpaired) electrons. The quantitative estimate of drug-likeness (QED) is 0.462. The van der Waals surface area contributed by atoms with Crippen LogP contribution in [0.4, 0.5) is 5.82 Å². The molecule has 0 aliphatic heterocycles. The molecule has 0 N–H and O–H groups in total. The van der Waals surface area contributed by atoms with Gasteiger partial charge in [-0.15, -0.1) is 0 Å². The largest absolute Gasteiger partial charge is 0.611 e. The predicted molar refractivity (Wildman–Crippen MR) is 82.3 cm³/mol. The monoisotopic (exact) mass is 323 g/mol. The maximum atomic E-state index is 11.8. The van der Waals surface area contributed by atoms with Crippen molar-refractivity contribution in [1.29, 1.82) is 0 Å². The van der Waals surface area contributed by atoms with E-state index in [1.165, 1.54) is 10.8 Å². The van der Waals surface area contributed by atoms with Crippen molar-refractivity contribution in [2.75, 3.05) is 5.75 Å². The highest BCUT2D eigenvalue weighted by atomic mass is 32.2. The van der Waals surface area contributed by atoms with Crippen LogP contribution in [0.15, 0.2) is 29.3 Å². The third kappa shape index (κ3) is 3.40. The number of rotatable bonds is 6. The fraction of sp³-hybridized carbons (Fsp3) is 0.357. The van der Waals surface area contributed by atoms with Crippen LogP contribution in [0.2, 0.25) is 0 Å². The molecule has 8 heteroatoms. The summed E-state index contributed by atoms with van der Waals surface area (Å²) in [6.07, 6.45) is 1.21. The summed E-state index contributed by atoms with van der Waals surface area (Å²) in [6, 6.07) is 5.33. The molecule has 1 aromatic carbocycles. The predicted octanol–water partition coefficient (Wildman–Crippen LogP) is 2.34. The van der Waals surface area contributed by atoms with Crippen LogP contribution < -0.4 is 4.74 Å². The molecule has 0 aliphatic rings. The van der Waals surface area contributed by atoms with Crippen molar-refractivity contribution < 1.29 is 14.2 Å². The smallest absolute Gasteiger partial charge is 0.342 e. The SMILES string of the molecule is CC[S+]([O-])c1ccc(OCc2ncc([N+](=O)[O-])n2C)cc1C. The molecule has 0 saturated carbocycles. The number of aryl methyl sites for hydroxylation is 1. The van der Waals surface area contributed by atoms with Gasteiger partial charge < -0.3 is 19.4 Å². The van der Waals surface area contributed by atoms with Crippen molar-refractivity contribution in [2.45, 2.75) is 25.3 Å². The lowest BCUT2D eigenvalue weighted by Gasteiger charge is -2.12. The molecule has 0 spiro atoms. The first-order chi connectivity index (χ1) is 10.4. The van der Waals surface area contributed by atoms with Gasteiger partial charge in [0.15, 0.2) is 11.5 Å². The number of imidazole rings is 1. The highest BCUT2D eigenvalue weighted by molar-refractivity contribution is 7.91. The van der Waals surface area contributed by atoms with Gasteiger partial charge >= 0.3 is 5.82 Å². The minimum absolute atomic E-state index is 0.0801. The zero-order chi connectivity index (χ0) is 16.3. The third-order valence-corrected chi connectivity index (χ3v) is 4.74. The Labute approximate surface area is 131 Å². The molecule has 1 aromatic heterocycles. The average Bonchev–Trinajstić information content (AvgIpc) is 2.85. The number of aromatic nitrogens is 2. The molecule has 0 bridgehead atoms. The molecule has 7 nitrogen and oxygen atoms in total. The Balaban J connectivity index is 2.09. The molecular weight excluding hydrogens is 306 g/mol. The van der Waals surface area contributed by atoms with Gasteiger partial charge in [-0.3, -0.25) is 0 Å². The number of nitro groups is 1.